The highest BCUT2D eigenvalue weighted by Crippen LogP contribution is 2.32. The molecular formula is C11H13ClO. The van der Waals surface area contributed by atoms with Gasteiger partial charge in [-0.2, -0.15) is 0 Å². The molecule has 70 valence electrons. The van der Waals surface area contributed by atoms with E-state index in [1.807, 2.05) is 38.1 Å². The van der Waals surface area contributed by atoms with Crippen LogP contribution < -0.4 is 4.74 Å². The third-order valence-corrected chi connectivity index (χ3v) is 2.34. The van der Waals surface area contributed by atoms with Gasteiger partial charge in [0.2, 0.25) is 0 Å². The molecule has 0 saturated carbocycles. The summed E-state index contributed by atoms with van der Waals surface area (Å²) in [6.45, 7) is 4.00. The first-order valence-corrected chi connectivity index (χ1v) is 4.54. The lowest BCUT2D eigenvalue weighted by atomic mass is 10.1. The normalized spacial score (nSPS) is 11.5. The van der Waals surface area contributed by atoms with Crippen LogP contribution in [0.25, 0.3) is 5.57 Å². The molecule has 0 atom stereocenters. The van der Waals surface area contributed by atoms with Crippen molar-refractivity contribution in [2.75, 3.05) is 7.11 Å². The van der Waals surface area contributed by atoms with E-state index in [9.17, 15) is 0 Å². The minimum absolute atomic E-state index is 0.731. The van der Waals surface area contributed by atoms with Gasteiger partial charge >= 0.3 is 0 Å². The molecule has 2 heteroatoms. The summed E-state index contributed by atoms with van der Waals surface area (Å²) < 4.78 is 5.22. The maximum atomic E-state index is 6.06. The molecule has 0 spiro atoms. The smallest absolute Gasteiger partial charge is 0.127 e. The third kappa shape index (κ3) is 2.04. The largest absolute Gasteiger partial charge is 0.496 e. The summed E-state index contributed by atoms with van der Waals surface area (Å²) in [5.41, 5.74) is 2.11. The standard InChI is InChI=1S/C11H13ClO/c1-4-8(2)11-9(12)6-5-7-10(11)13-3/h4-7H,1-3H3/b8-4+. The summed E-state index contributed by atoms with van der Waals surface area (Å²) in [7, 11) is 1.65. The Balaban J connectivity index is 3.31. The summed E-state index contributed by atoms with van der Waals surface area (Å²) in [4.78, 5) is 0. The Labute approximate surface area is 84.0 Å². The predicted octanol–water partition coefficient (Wildman–Crippen LogP) is 3.77. The zero-order valence-corrected chi connectivity index (χ0v) is 8.85. The first kappa shape index (κ1) is 10.1. The van der Waals surface area contributed by atoms with Crippen molar-refractivity contribution in [2.24, 2.45) is 0 Å². The van der Waals surface area contributed by atoms with E-state index >= 15 is 0 Å². The number of halogens is 1. The maximum Gasteiger partial charge on any atom is 0.127 e. The van der Waals surface area contributed by atoms with E-state index in [0.717, 1.165) is 21.9 Å². The molecule has 0 amide bonds. The van der Waals surface area contributed by atoms with Gasteiger partial charge in [0.05, 0.1) is 12.1 Å². The highest BCUT2D eigenvalue weighted by molar-refractivity contribution is 6.32. The van der Waals surface area contributed by atoms with Gasteiger partial charge in [-0.15, -0.1) is 0 Å². The molecule has 1 aromatic carbocycles. The Morgan fingerprint density at radius 1 is 1.46 bits per heavy atom. The van der Waals surface area contributed by atoms with Crippen molar-refractivity contribution in [1.82, 2.24) is 0 Å². The molecule has 0 aromatic heterocycles. The zero-order valence-electron chi connectivity index (χ0n) is 8.10. The minimum atomic E-state index is 0.731. The van der Waals surface area contributed by atoms with E-state index in [0.29, 0.717) is 0 Å². The number of hydrogen-bond acceptors (Lipinski definition) is 1. The molecule has 0 saturated heterocycles. The fourth-order valence-corrected chi connectivity index (χ4v) is 1.52. The van der Waals surface area contributed by atoms with E-state index < -0.39 is 0 Å². The topological polar surface area (TPSA) is 9.23 Å². The van der Waals surface area contributed by atoms with Crippen molar-refractivity contribution in [1.29, 1.82) is 0 Å². The Hall–Kier alpha value is -0.950. The Morgan fingerprint density at radius 2 is 2.15 bits per heavy atom. The van der Waals surface area contributed by atoms with E-state index in [1.54, 1.807) is 7.11 Å². The number of rotatable bonds is 2. The van der Waals surface area contributed by atoms with Crippen LogP contribution in [0.1, 0.15) is 19.4 Å². The van der Waals surface area contributed by atoms with Gasteiger partial charge in [0.25, 0.3) is 0 Å². The Kier molecular flexibility index (Phi) is 3.38. The number of benzene rings is 1. The number of methoxy groups -OCH3 is 1. The van der Waals surface area contributed by atoms with Crippen LogP contribution in [-0.2, 0) is 0 Å². The SMILES string of the molecule is C/C=C(\C)c1c(Cl)cccc1OC. The predicted molar refractivity (Wildman–Crippen MR) is 57.3 cm³/mol. The fourth-order valence-electron chi connectivity index (χ4n) is 1.20. The molecule has 1 nitrogen and oxygen atoms in total. The first-order valence-electron chi connectivity index (χ1n) is 4.16. The lowest BCUT2D eigenvalue weighted by molar-refractivity contribution is 0.413. The molecule has 0 heterocycles. The van der Waals surface area contributed by atoms with E-state index in [4.69, 9.17) is 16.3 Å². The average Bonchev–Trinajstić information content (AvgIpc) is 2.16. The van der Waals surface area contributed by atoms with E-state index in [1.165, 1.54) is 0 Å². The second-order valence-corrected chi connectivity index (χ2v) is 3.20. The summed E-state index contributed by atoms with van der Waals surface area (Å²) in [6, 6.07) is 5.66. The average molecular weight is 197 g/mol. The van der Waals surface area contributed by atoms with Crippen LogP contribution in [0, 0.1) is 0 Å². The second kappa shape index (κ2) is 4.33. The first-order chi connectivity index (χ1) is 6.20. The Morgan fingerprint density at radius 3 is 2.69 bits per heavy atom. The monoisotopic (exact) mass is 196 g/mol. The molecule has 1 rings (SSSR count). The van der Waals surface area contributed by atoms with Gasteiger partial charge in [0, 0.05) is 5.56 Å². The molecule has 13 heavy (non-hydrogen) atoms. The Bertz CT molecular complexity index is 329. The highest BCUT2D eigenvalue weighted by atomic mass is 35.5. The molecule has 0 unspecified atom stereocenters. The number of hydrogen-bond donors (Lipinski definition) is 0. The summed E-state index contributed by atoms with van der Waals surface area (Å²) in [5, 5.41) is 0.731. The number of ether oxygens (including phenoxy) is 1. The molecule has 1 aromatic rings. The lowest BCUT2D eigenvalue weighted by Crippen LogP contribution is -1.90. The molecule has 0 bridgehead atoms. The van der Waals surface area contributed by atoms with Crippen LogP contribution >= 0.6 is 11.6 Å². The summed E-state index contributed by atoms with van der Waals surface area (Å²) in [5.74, 6) is 0.822. The van der Waals surface area contributed by atoms with Crippen LogP contribution in [0.2, 0.25) is 5.02 Å². The van der Waals surface area contributed by atoms with Gasteiger partial charge in [-0.3, -0.25) is 0 Å². The third-order valence-electron chi connectivity index (χ3n) is 2.02. The van der Waals surface area contributed by atoms with E-state index in [2.05, 4.69) is 0 Å². The zero-order chi connectivity index (χ0) is 9.84. The second-order valence-electron chi connectivity index (χ2n) is 2.79. The fraction of sp³-hybridized carbons (Fsp3) is 0.273. The van der Waals surface area contributed by atoms with Crippen molar-refractivity contribution in [3.63, 3.8) is 0 Å². The van der Waals surface area contributed by atoms with Crippen molar-refractivity contribution < 1.29 is 4.74 Å². The van der Waals surface area contributed by atoms with Crippen molar-refractivity contribution in [3.8, 4) is 5.75 Å². The van der Waals surface area contributed by atoms with Gasteiger partial charge in [-0.05, 0) is 31.6 Å². The van der Waals surface area contributed by atoms with Crippen LogP contribution in [0.15, 0.2) is 24.3 Å². The van der Waals surface area contributed by atoms with E-state index in [-0.39, 0.29) is 0 Å². The molecule has 0 aliphatic heterocycles. The maximum absolute atomic E-state index is 6.06. The van der Waals surface area contributed by atoms with Crippen molar-refractivity contribution >= 4 is 17.2 Å². The van der Waals surface area contributed by atoms with Crippen LogP contribution in [0.4, 0.5) is 0 Å². The number of allylic oxidation sites excluding steroid dienone is 2. The molecule has 0 aliphatic carbocycles. The van der Waals surface area contributed by atoms with Crippen molar-refractivity contribution in [3.05, 3.63) is 34.9 Å². The van der Waals surface area contributed by atoms with Crippen molar-refractivity contribution in [2.45, 2.75) is 13.8 Å². The summed E-state index contributed by atoms with van der Waals surface area (Å²) in [6.07, 6.45) is 2.02. The van der Waals surface area contributed by atoms with Gasteiger partial charge in [0.1, 0.15) is 5.75 Å². The summed E-state index contributed by atoms with van der Waals surface area (Å²) >= 11 is 6.06. The molecule has 0 N–H and O–H groups in total. The van der Waals surface area contributed by atoms with Gasteiger partial charge in [-0.25, -0.2) is 0 Å². The molecule has 0 radical (unpaired) electrons. The highest BCUT2D eigenvalue weighted by Gasteiger charge is 2.07. The van der Waals surface area contributed by atoms with Crippen LogP contribution in [0.5, 0.6) is 5.75 Å². The molecule has 0 fully saturated rings. The molecular weight excluding hydrogens is 184 g/mol. The lowest BCUT2D eigenvalue weighted by Gasteiger charge is -2.09. The van der Waals surface area contributed by atoms with Crippen LogP contribution in [0.3, 0.4) is 0 Å². The molecule has 0 aliphatic rings. The van der Waals surface area contributed by atoms with Gasteiger partial charge in [-0.1, -0.05) is 23.7 Å². The quantitative estimate of drug-likeness (QED) is 0.700. The minimum Gasteiger partial charge on any atom is -0.496 e. The van der Waals surface area contributed by atoms with Gasteiger partial charge in [0.15, 0.2) is 0 Å². The van der Waals surface area contributed by atoms with Gasteiger partial charge < -0.3 is 4.74 Å². The van der Waals surface area contributed by atoms with Crippen LogP contribution in [-0.4, -0.2) is 7.11 Å².